The maximum absolute atomic E-state index is 12.6. The van der Waals surface area contributed by atoms with Crippen LogP contribution in [-0.4, -0.2) is 22.6 Å². The van der Waals surface area contributed by atoms with Gasteiger partial charge in [0.2, 0.25) is 0 Å². The molecule has 134 valence electrons. The molecule has 0 atom stereocenters. The van der Waals surface area contributed by atoms with Gasteiger partial charge < -0.3 is 9.25 Å². The summed E-state index contributed by atoms with van der Waals surface area (Å²) in [6, 6.07) is 18.8. The molecule has 0 N–H and O–H groups in total. The summed E-state index contributed by atoms with van der Waals surface area (Å²) in [7, 11) is 0. The van der Waals surface area contributed by atoms with Crippen LogP contribution in [0.15, 0.2) is 81.2 Å². The Morgan fingerprint density at radius 1 is 1.15 bits per heavy atom. The molecule has 2 heterocycles. The van der Waals surface area contributed by atoms with Gasteiger partial charge in [-0.25, -0.2) is 9.48 Å². The number of benzene rings is 2. The first-order chi connectivity index (χ1) is 13.3. The Kier molecular flexibility index (Phi) is 4.53. The number of hydrogen-bond donors (Lipinski definition) is 0. The monoisotopic (exact) mass is 359 g/mol. The molecule has 0 fully saturated rings. The van der Waals surface area contributed by atoms with Crippen molar-refractivity contribution in [2.45, 2.75) is 6.92 Å². The quantitative estimate of drug-likeness (QED) is 0.307. The maximum atomic E-state index is 12.6. The zero-order valence-corrected chi connectivity index (χ0v) is 14.7. The summed E-state index contributed by atoms with van der Waals surface area (Å²) in [6.45, 7) is 2.31. The number of para-hydroxylation sites is 2. The van der Waals surface area contributed by atoms with Gasteiger partial charge in [0.05, 0.1) is 17.5 Å². The highest BCUT2D eigenvalue weighted by molar-refractivity contribution is 5.90. The summed E-state index contributed by atoms with van der Waals surface area (Å²) >= 11 is 0. The van der Waals surface area contributed by atoms with Crippen molar-refractivity contribution in [3.63, 3.8) is 0 Å². The number of nitrogens with zero attached hydrogens (tertiary/aromatic N) is 3. The lowest BCUT2D eigenvalue weighted by molar-refractivity contribution is 0.160. The average Bonchev–Trinajstić information content (AvgIpc) is 3.12. The highest BCUT2D eigenvalue weighted by Gasteiger charge is 2.16. The average molecular weight is 359 g/mol. The van der Waals surface area contributed by atoms with Crippen molar-refractivity contribution < 1.29 is 9.25 Å². The molecule has 4 rings (SSSR count). The van der Waals surface area contributed by atoms with Crippen molar-refractivity contribution in [2.24, 2.45) is 5.16 Å². The van der Waals surface area contributed by atoms with E-state index >= 15 is 0 Å². The van der Waals surface area contributed by atoms with Gasteiger partial charge in [0.15, 0.2) is 0 Å². The summed E-state index contributed by atoms with van der Waals surface area (Å²) < 4.78 is 7.17. The third-order valence-electron chi connectivity index (χ3n) is 4.06. The van der Waals surface area contributed by atoms with Crippen LogP contribution in [0.25, 0.3) is 27.9 Å². The summed E-state index contributed by atoms with van der Waals surface area (Å²) in [6.07, 6.45) is 3.36. The molecular weight excluding hydrogens is 342 g/mol. The topological polar surface area (TPSA) is 69.6 Å². The van der Waals surface area contributed by atoms with Gasteiger partial charge in [0.1, 0.15) is 17.9 Å². The summed E-state index contributed by atoms with van der Waals surface area (Å²) in [5, 5.41) is 9.37. The Bertz CT molecular complexity index is 1160. The van der Waals surface area contributed by atoms with Crippen molar-refractivity contribution in [2.75, 3.05) is 6.61 Å². The second-order valence-electron chi connectivity index (χ2n) is 5.85. The van der Waals surface area contributed by atoms with Crippen LogP contribution in [0, 0.1) is 0 Å². The van der Waals surface area contributed by atoms with Crippen LogP contribution in [-0.2, 0) is 4.84 Å². The molecule has 0 spiro atoms. The van der Waals surface area contributed by atoms with Crippen LogP contribution in [0.5, 0.6) is 0 Å². The van der Waals surface area contributed by atoms with E-state index in [2.05, 4.69) is 10.3 Å². The number of rotatable bonds is 5. The van der Waals surface area contributed by atoms with Gasteiger partial charge in [-0.3, -0.25) is 0 Å². The smallest absolute Gasteiger partial charge is 0.345 e. The van der Waals surface area contributed by atoms with Gasteiger partial charge in [0.25, 0.3) is 0 Å². The van der Waals surface area contributed by atoms with E-state index in [4.69, 9.17) is 9.25 Å². The third-order valence-corrected chi connectivity index (χ3v) is 4.06. The summed E-state index contributed by atoms with van der Waals surface area (Å²) in [4.78, 5) is 17.6. The Labute approximate surface area is 155 Å². The lowest BCUT2D eigenvalue weighted by Gasteiger charge is -2.01. The fourth-order valence-electron chi connectivity index (χ4n) is 2.80. The fraction of sp³-hybridized carbons (Fsp3) is 0.0952. The van der Waals surface area contributed by atoms with E-state index in [-0.39, 0.29) is 0 Å². The molecule has 0 aliphatic carbocycles. The SMILES string of the molecule is CCO/N=C/c1cn(-c2ccccc2)nc1-c1cc2ccccc2oc1=O. The van der Waals surface area contributed by atoms with Gasteiger partial charge in [-0.2, -0.15) is 5.10 Å². The van der Waals surface area contributed by atoms with Crippen LogP contribution < -0.4 is 5.63 Å². The lowest BCUT2D eigenvalue weighted by Crippen LogP contribution is -2.05. The number of fused-ring (bicyclic) bond motifs is 1. The first-order valence-electron chi connectivity index (χ1n) is 8.60. The number of hydrogen-bond acceptors (Lipinski definition) is 5. The van der Waals surface area contributed by atoms with Crippen LogP contribution >= 0.6 is 0 Å². The molecule has 0 saturated carbocycles. The van der Waals surface area contributed by atoms with Gasteiger partial charge in [-0.05, 0) is 31.2 Å². The fourth-order valence-corrected chi connectivity index (χ4v) is 2.80. The summed E-state index contributed by atoms with van der Waals surface area (Å²) in [5.74, 6) is 0. The normalized spacial score (nSPS) is 11.3. The predicted octanol–water partition coefficient (Wildman–Crippen LogP) is 4.02. The standard InChI is InChI=1S/C21H17N3O3/c1-2-26-22-13-16-14-24(17-9-4-3-5-10-17)23-20(16)18-12-15-8-6-7-11-19(15)27-21(18)25/h3-14H,2H2,1H3/b22-13+. The van der Waals surface area contributed by atoms with E-state index in [1.165, 1.54) is 0 Å². The highest BCUT2D eigenvalue weighted by atomic mass is 16.6. The van der Waals surface area contributed by atoms with E-state index in [9.17, 15) is 4.79 Å². The molecule has 6 heteroatoms. The highest BCUT2D eigenvalue weighted by Crippen LogP contribution is 2.23. The second kappa shape index (κ2) is 7.29. The lowest BCUT2D eigenvalue weighted by atomic mass is 10.1. The van der Waals surface area contributed by atoms with Crippen molar-refractivity contribution in [3.05, 3.63) is 82.8 Å². The predicted molar refractivity (Wildman–Crippen MR) is 104 cm³/mol. The van der Waals surface area contributed by atoms with Crippen LogP contribution in [0.3, 0.4) is 0 Å². The minimum absolute atomic E-state index is 0.376. The Morgan fingerprint density at radius 3 is 2.74 bits per heavy atom. The first-order valence-corrected chi connectivity index (χ1v) is 8.60. The molecule has 6 nitrogen and oxygen atoms in total. The molecule has 4 aromatic rings. The van der Waals surface area contributed by atoms with E-state index in [1.54, 1.807) is 23.0 Å². The zero-order chi connectivity index (χ0) is 18.6. The van der Waals surface area contributed by atoms with Crippen LogP contribution in [0.2, 0.25) is 0 Å². The number of aromatic nitrogens is 2. The van der Waals surface area contributed by atoms with E-state index in [0.717, 1.165) is 11.1 Å². The van der Waals surface area contributed by atoms with Crippen molar-refractivity contribution in [1.29, 1.82) is 0 Å². The minimum Gasteiger partial charge on any atom is -0.422 e. The molecule has 0 saturated heterocycles. The van der Waals surface area contributed by atoms with Gasteiger partial charge in [-0.1, -0.05) is 41.6 Å². The van der Waals surface area contributed by atoms with Gasteiger partial charge in [0, 0.05) is 17.1 Å². The third kappa shape index (κ3) is 3.37. The molecule has 2 aromatic heterocycles. The minimum atomic E-state index is -0.446. The zero-order valence-electron chi connectivity index (χ0n) is 14.7. The summed E-state index contributed by atoms with van der Waals surface area (Å²) in [5.41, 5.74) is 2.49. The van der Waals surface area contributed by atoms with Crippen molar-refractivity contribution >= 4 is 17.2 Å². The van der Waals surface area contributed by atoms with Crippen LogP contribution in [0.4, 0.5) is 0 Å². The van der Waals surface area contributed by atoms with Crippen molar-refractivity contribution in [3.8, 4) is 16.9 Å². The molecule has 27 heavy (non-hydrogen) atoms. The molecule has 2 aromatic carbocycles. The molecular formula is C21H17N3O3. The number of oxime groups is 1. The van der Waals surface area contributed by atoms with E-state index in [1.807, 2.05) is 61.7 Å². The van der Waals surface area contributed by atoms with E-state index in [0.29, 0.717) is 29.0 Å². The molecule has 0 amide bonds. The molecule has 0 unspecified atom stereocenters. The molecule has 0 aliphatic rings. The van der Waals surface area contributed by atoms with Crippen LogP contribution in [0.1, 0.15) is 12.5 Å². The Balaban J connectivity index is 1.89. The van der Waals surface area contributed by atoms with Gasteiger partial charge in [-0.15, -0.1) is 0 Å². The first kappa shape index (κ1) is 16.8. The molecule has 0 radical (unpaired) electrons. The molecule has 0 aliphatic heterocycles. The maximum Gasteiger partial charge on any atom is 0.345 e. The molecule has 0 bridgehead atoms. The largest absolute Gasteiger partial charge is 0.422 e. The van der Waals surface area contributed by atoms with Crippen molar-refractivity contribution in [1.82, 2.24) is 9.78 Å². The Hall–Kier alpha value is -3.67. The van der Waals surface area contributed by atoms with Gasteiger partial charge >= 0.3 is 5.63 Å². The van der Waals surface area contributed by atoms with E-state index < -0.39 is 5.63 Å². The second-order valence-corrected chi connectivity index (χ2v) is 5.85. The Morgan fingerprint density at radius 2 is 1.93 bits per heavy atom.